The van der Waals surface area contributed by atoms with E-state index in [1.807, 2.05) is 0 Å². The highest BCUT2D eigenvalue weighted by molar-refractivity contribution is 6.35. The summed E-state index contributed by atoms with van der Waals surface area (Å²) in [6, 6.07) is 16.6. The van der Waals surface area contributed by atoms with E-state index in [1.165, 1.54) is 38.7 Å². The number of halogens is 3. The Bertz CT molecular complexity index is 1780. The van der Waals surface area contributed by atoms with Crippen molar-refractivity contribution in [3.63, 3.8) is 0 Å². The number of hydrogen-bond donors (Lipinski definition) is 1. The minimum Gasteiger partial charge on any atom is -0.493 e. The third-order valence-electron chi connectivity index (χ3n) is 9.08. The van der Waals surface area contributed by atoms with Crippen molar-refractivity contribution in [3.8, 4) is 11.5 Å². The molecule has 1 N–H and O–H groups in total. The zero-order valence-corrected chi connectivity index (χ0v) is 28.5. The number of benzene rings is 3. The molecule has 0 spiro atoms. The molecule has 1 unspecified atom stereocenters. The van der Waals surface area contributed by atoms with Crippen molar-refractivity contribution in [2.45, 2.75) is 37.5 Å². The van der Waals surface area contributed by atoms with Crippen molar-refractivity contribution >= 4 is 40.8 Å². The number of methoxy groups -OCH3 is 2. The topological polar surface area (TPSA) is 99.2 Å². The van der Waals surface area contributed by atoms with E-state index in [2.05, 4.69) is 15.2 Å². The second kappa shape index (κ2) is 15.4. The second-order valence-corrected chi connectivity index (χ2v) is 12.9. The molecule has 4 heterocycles. The number of pyridine rings is 1. The molecule has 256 valence electrons. The molecular formula is C37H36Cl2FN3O6. The third-order valence-corrected chi connectivity index (χ3v) is 9.73. The van der Waals surface area contributed by atoms with Gasteiger partial charge in [0.25, 0.3) is 0 Å². The molecule has 4 aromatic rings. The lowest BCUT2D eigenvalue weighted by Crippen LogP contribution is -2.52. The molecule has 3 aromatic carbocycles. The molecule has 3 aliphatic rings. The van der Waals surface area contributed by atoms with Crippen molar-refractivity contribution in [2.24, 2.45) is 5.92 Å². The number of aromatic nitrogens is 1. The average molecular weight is 709 g/mol. The van der Waals surface area contributed by atoms with Gasteiger partial charge in [-0.05, 0) is 97.1 Å². The standard InChI is InChI=1S/C37H36Cl2FN3O6/c1-46-31-11-8-24(17-33(31)47-2)32(18-28-29(38)19-41-20-30(28)39)48-36(44)23-6-9-27(10-7-23)42-35(25-4-3-5-26(40)16-25)37(45)49-34-21-43-14-12-22(34)13-15-43/h3-11,16-17,19-20,22,32,34-35,42H,12-15,18,21H2,1-2H3/t32-,34-,35?/m0/s1. The van der Waals surface area contributed by atoms with Gasteiger partial charge in [-0.15, -0.1) is 0 Å². The smallest absolute Gasteiger partial charge is 0.338 e. The van der Waals surface area contributed by atoms with Crippen molar-refractivity contribution in [1.29, 1.82) is 0 Å². The number of hydrogen-bond acceptors (Lipinski definition) is 9. The van der Waals surface area contributed by atoms with Crippen LogP contribution in [0, 0.1) is 11.7 Å². The average Bonchev–Trinajstić information content (AvgIpc) is 3.12. The third kappa shape index (κ3) is 8.09. The zero-order valence-electron chi connectivity index (χ0n) is 27.0. The van der Waals surface area contributed by atoms with Crippen LogP contribution in [0.5, 0.6) is 11.5 Å². The maximum Gasteiger partial charge on any atom is 0.338 e. The molecule has 7 rings (SSSR count). The summed E-state index contributed by atoms with van der Waals surface area (Å²) in [4.78, 5) is 33.5. The van der Waals surface area contributed by atoms with Crippen LogP contribution in [0.25, 0.3) is 0 Å². The molecule has 0 saturated carbocycles. The van der Waals surface area contributed by atoms with Crippen LogP contribution in [0.2, 0.25) is 10.0 Å². The van der Waals surface area contributed by atoms with E-state index in [-0.39, 0.29) is 18.1 Å². The summed E-state index contributed by atoms with van der Waals surface area (Å²) in [6.45, 7) is 2.73. The van der Waals surface area contributed by atoms with E-state index >= 15 is 0 Å². The lowest BCUT2D eigenvalue weighted by atomic mass is 9.86. The van der Waals surface area contributed by atoms with E-state index in [9.17, 15) is 14.0 Å². The Hall–Kier alpha value is -4.38. The SMILES string of the molecule is COc1ccc([C@H](Cc2c(Cl)cncc2Cl)OC(=O)c2ccc(NC(C(=O)O[C@H]3CN4CCC3CC4)c3cccc(F)c3)cc2)cc1OC. The van der Waals surface area contributed by atoms with Crippen LogP contribution in [0.1, 0.15) is 52.0 Å². The molecule has 2 bridgehead atoms. The normalized spacial score (nSPS) is 19.4. The summed E-state index contributed by atoms with van der Waals surface area (Å²) < 4.78 is 37.2. The lowest BCUT2D eigenvalue weighted by molar-refractivity contribution is -0.159. The van der Waals surface area contributed by atoms with Gasteiger partial charge >= 0.3 is 11.9 Å². The Morgan fingerprint density at radius 3 is 2.29 bits per heavy atom. The summed E-state index contributed by atoms with van der Waals surface area (Å²) in [5, 5.41) is 3.86. The quantitative estimate of drug-likeness (QED) is 0.150. The molecule has 12 heteroatoms. The molecule has 0 amide bonds. The Morgan fingerprint density at radius 1 is 0.939 bits per heavy atom. The van der Waals surface area contributed by atoms with Gasteiger partial charge in [0.2, 0.25) is 0 Å². The molecule has 49 heavy (non-hydrogen) atoms. The first-order chi connectivity index (χ1) is 23.7. The maximum absolute atomic E-state index is 14.3. The zero-order chi connectivity index (χ0) is 34.5. The molecular weight excluding hydrogens is 672 g/mol. The monoisotopic (exact) mass is 707 g/mol. The highest BCUT2D eigenvalue weighted by atomic mass is 35.5. The Balaban J connectivity index is 1.21. The Labute approximate surface area is 294 Å². The van der Waals surface area contributed by atoms with Crippen LogP contribution < -0.4 is 14.8 Å². The Kier molecular flexibility index (Phi) is 10.9. The number of anilines is 1. The molecule has 0 aliphatic carbocycles. The van der Waals surface area contributed by atoms with Crippen LogP contribution in [-0.4, -0.2) is 61.8 Å². The van der Waals surface area contributed by atoms with Gasteiger partial charge in [-0.3, -0.25) is 9.88 Å². The number of fused-ring (bicyclic) bond motifs is 3. The van der Waals surface area contributed by atoms with E-state index in [4.69, 9.17) is 42.1 Å². The molecule has 1 aromatic heterocycles. The predicted octanol–water partition coefficient (Wildman–Crippen LogP) is 7.48. The molecule has 3 aliphatic heterocycles. The first-order valence-corrected chi connectivity index (χ1v) is 16.7. The van der Waals surface area contributed by atoms with E-state index < -0.39 is 29.9 Å². The van der Waals surface area contributed by atoms with Crippen LogP contribution in [-0.2, 0) is 20.7 Å². The van der Waals surface area contributed by atoms with Gasteiger partial charge in [0.15, 0.2) is 17.5 Å². The minimum absolute atomic E-state index is 0.165. The minimum atomic E-state index is -0.965. The van der Waals surface area contributed by atoms with Crippen LogP contribution in [0.3, 0.4) is 0 Å². The summed E-state index contributed by atoms with van der Waals surface area (Å²) in [6.07, 6.45) is 4.09. The fraction of sp³-hybridized carbons (Fsp3) is 0.324. The highest BCUT2D eigenvalue weighted by Crippen LogP contribution is 2.36. The summed E-state index contributed by atoms with van der Waals surface area (Å²) in [7, 11) is 3.05. The van der Waals surface area contributed by atoms with Gasteiger partial charge in [-0.1, -0.05) is 41.4 Å². The van der Waals surface area contributed by atoms with E-state index in [0.717, 1.165) is 25.9 Å². The molecule has 9 nitrogen and oxygen atoms in total. The lowest BCUT2D eigenvalue weighted by Gasteiger charge is -2.44. The number of ether oxygens (including phenoxy) is 4. The van der Waals surface area contributed by atoms with Crippen molar-refractivity contribution < 1.29 is 32.9 Å². The van der Waals surface area contributed by atoms with Crippen LogP contribution in [0.15, 0.2) is 79.1 Å². The number of carbonyl (C=O) groups is 2. The summed E-state index contributed by atoms with van der Waals surface area (Å²) in [5.41, 5.74) is 2.43. The molecule has 3 atom stereocenters. The van der Waals surface area contributed by atoms with Gasteiger partial charge < -0.3 is 24.3 Å². The number of rotatable bonds is 12. The van der Waals surface area contributed by atoms with E-state index in [1.54, 1.807) is 54.6 Å². The van der Waals surface area contributed by atoms with Gasteiger partial charge in [-0.2, -0.15) is 0 Å². The first-order valence-electron chi connectivity index (χ1n) is 16.0. The van der Waals surface area contributed by atoms with Gasteiger partial charge in [0, 0.05) is 31.0 Å². The fourth-order valence-corrected chi connectivity index (χ4v) is 6.91. The largest absolute Gasteiger partial charge is 0.493 e. The summed E-state index contributed by atoms with van der Waals surface area (Å²) >= 11 is 12.9. The van der Waals surface area contributed by atoms with Crippen LogP contribution in [0.4, 0.5) is 10.1 Å². The van der Waals surface area contributed by atoms with Crippen molar-refractivity contribution in [2.75, 3.05) is 39.2 Å². The fourth-order valence-electron chi connectivity index (χ4n) is 6.39. The molecule has 3 fully saturated rings. The highest BCUT2D eigenvalue weighted by Gasteiger charge is 2.38. The van der Waals surface area contributed by atoms with Gasteiger partial charge in [0.1, 0.15) is 18.0 Å². The predicted molar refractivity (Wildman–Crippen MR) is 184 cm³/mol. The second-order valence-electron chi connectivity index (χ2n) is 12.1. The van der Waals surface area contributed by atoms with Crippen molar-refractivity contribution in [3.05, 3.63) is 117 Å². The van der Waals surface area contributed by atoms with Gasteiger partial charge in [0.05, 0.1) is 29.8 Å². The number of esters is 2. The molecule has 0 radical (unpaired) electrons. The van der Waals surface area contributed by atoms with E-state index in [0.29, 0.717) is 56.4 Å². The number of piperidine rings is 3. The summed E-state index contributed by atoms with van der Waals surface area (Å²) in [5.74, 6) is -0.251. The number of carbonyl (C=O) groups excluding carboxylic acids is 2. The van der Waals surface area contributed by atoms with Gasteiger partial charge in [-0.25, -0.2) is 14.0 Å². The first kappa shape index (κ1) is 34.5. The Morgan fingerprint density at radius 2 is 1.65 bits per heavy atom. The number of nitrogens with one attached hydrogen (secondary N) is 1. The molecule has 3 saturated heterocycles. The van der Waals surface area contributed by atoms with Crippen molar-refractivity contribution in [1.82, 2.24) is 9.88 Å². The maximum atomic E-state index is 14.3. The number of nitrogens with zero attached hydrogens (tertiary/aromatic N) is 2. The van der Waals surface area contributed by atoms with Crippen LogP contribution >= 0.6 is 23.2 Å².